The van der Waals surface area contributed by atoms with Crippen molar-refractivity contribution in [2.45, 2.75) is 37.5 Å². The van der Waals surface area contributed by atoms with Gasteiger partial charge in [0.25, 0.3) is 0 Å². The highest BCUT2D eigenvalue weighted by Gasteiger charge is 2.38. The van der Waals surface area contributed by atoms with Gasteiger partial charge in [0.15, 0.2) is 15.6 Å². The standard InChI is InChI=1S/C14H18O4S/c1-14(2,19(3,16)17)13(15)10-4-6-11(7-5-10)18-12-8-9-12/h4-7,12H,8-9H2,1-3H3. The number of sulfone groups is 1. The number of carbonyl (C=O) groups excluding carboxylic acids is 1. The molecule has 1 aromatic carbocycles. The average Bonchev–Trinajstić information content (AvgIpc) is 3.11. The molecular formula is C14H18O4S. The summed E-state index contributed by atoms with van der Waals surface area (Å²) in [4.78, 5) is 12.2. The summed E-state index contributed by atoms with van der Waals surface area (Å²) in [5.41, 5.74) is 0.388. The van der Waals surface area contributed by atoms with Crippen LogP contribution < -0.4 is 4.74 Å². The maximum atomic E-state index is 12.2. The second-order valence-electron chi connectivity index (χ2n) is 5.45. The summed E-state index contributed by atoms with van der Waals surface area (Å²) in [5, 5.41) is 0. The van der Waals surface area contributed by atoms with Gasteiger partial charge in [-0.25, -0.2) is 8.42 Å². The molecule has 0 aliphatic heterocycles. The minimum Gasteiger partial charge on any atom is -0.490 e. The summed E-state index contributed by atoms with van der Waals surface area (Å²) < 4.78 is 27.5. The summed E-state index contributed by atoms with van der Waals surface area (Å²) in [5.74, 6) is 0.323. The summed E-state index contributed by atoms with van der Waals surface area (Å²) >= 11 is 0. The number of carbonyl (C=O) groups is 1. The van der Waals surface area contributed by atoms with Gasteiger partial charge in [0, 0.05) is 11.8 Å². The Morgan fingerprint density at radius 3 is 2.16 bits per heavy atom. The summed E-state index contributed by atoms with van der Waals surface area (Å²) in [6.45, 7) is 2.86. The van der Waals surface area contributed by atoms with Crippen molar-refractivity contribution in [2.24, 2.45) is 0 Å². The van der Waals surface area contributed by atoms with Crippen molar-refractivity contribution in [1.29, 1.82) is 0 Å². The van der Waals surface area contributed by atoms with Gasteiger partial charge < -0.3 is 4.74 Å². The van der Waals surface area contributed by atoms with E-state index in [0.29, 0.717) is 11.7 Å². The predicted octanol–water partition coefficient (Wildman–Crippen LogP) is 2.23. The first-order valence-corrected chi connectivity index (χ1v) is 8.12. The molecule has 0 atom stereocenters. The van der Waals surface area contributed by atoms with E-state index < -0.39 is 20.4 Å². The summed E-state index contributed by atoms with van der Waals surface area (Å²) in [6, 6.07) is 6.66. The molecule has 0 aromatic heterocycles. The molecular weight excluding hydrogens is 264 g/mol. The largest absolute Gasteiger partial charge is 0.490 e. The number of rotatable bonds is 5. The fraction of sp³-hybridized carbons (Fsp3) is 0.500. The van der Waals surface area contributed by atoms with Crippen LogP contribution in [0.1, 0.15) is 37.0 Å². The summed E-state index contributed by atoms with van der Waals surface area (Å²) in [6.07, 6.45) is 3.52. The molecule has 0 bridgehead atoms. The lowest BCUT2D eigenvalue weighted by atomic mass is 10.0. The quantitative estimate of drug-likeness (QED) is 0.777. The molecule has 1 aliphatic rings. The molecule has 0 spiro atoms. The van der Waals surface area contributed by atoms with Crippen LogP contribution >= 0.6 is 0 Å². The van der Waals surface area contributed by atoms with Crippen LogP contribution in [-0.2, 0) is 9.84 Å². The van der Waals surface area contributed by atoms with E-state index in [-0.39, 0.29) is 0 Å². The Labute approximate surface area is 113 Å². The second kappa shape index (κ2) is 4.63. The van der Waals surface area contributed by atoms with Crippen molar-refractivity contribution in [3.63, 3.8) is 0 Å². The number of Topliss-reactive ketones (excluding diaryl/α,β-unsaturated/α-hetero) is 1. The van der Waals surface area contributed by atoms with Crippen molar-refractivity contribution >= 4 is 15.6 Å². The highest BCUT2D eigenvalue weighted by atomic mass is 32.2. The molecule has 104 valence electrons. The van der Waals surface area contributed by atoms with Crippen LogP contribution in [0, 0.1) is 0 Å². The van der Waals surface area contributed by atoms with E-state index in [4.69, 9.17) is 4.74 Å². The molecule has 1 fully saturated rings. The van der Waals surface area contributed by atoms with E-state index >= 15 is 0 Å². The lowest BCUT2D eigenvalue weighted by Gasteiger charge is -2.20. The van der Waals surface area contributed by atoms with Gasteiger partial charge in [-0.05, 0) is 51.0 Å². The second-order valence-corrected chi connectivity index (χ2v) is 8.02. The maximum absolute atomic E-state index is 12.2. The zero-order chi connectivity index (χ0) is 14.3. The van der Waals surface area contributed by atoms with Crippen molar-refractivity contribution in [3.05, 3.63) is 29.8 Å². The Morgan fingerprint density at radius 2 is 1.74 bits per heavy atom. The molecule has 2 rings (SSSR count). The van der Waals surface area contributed by atoms with Crippen LogP contribution in [0.3, 0.4) is 0 Å². The first kappa shape index (κ1) is 14.1. The number of benzene rings is 1. The van der Waals surface area contributed by atoms with Crippen molar-refractivity contribution < 1.29 is 17.9 Å². The van der Waals surface area contributed by atoms with Gasteiger partial charge in [-0.15, -0.1) is 0 Å². The van der Waals surface area contributed by atoms with E-state index in [1.807, 2.05) is 0 Å². The molecule has 0 heterocycles. The first-order valence-electron chi connectivity index (χ1n) is 6.23. The Bertz CT molecular complexity index is 580. The molecule has 1 saturated carbocycles. The van der Waals surface area contributed by atoms with E-state index in [1.165, 1.54) is 13.8 Å². The van der Waals surface area contributed by atoms with Crippen molar-refractivity contribution in [2.75, 3.05) is 6.26 Å². The third-order valence-electron chi connectivity index (χ3n) is 3.42. The summed E-state index contributed by atoms with van der Waals surface area (Å²) in [7, 11) is -3.45. The minimum absolute atomic E-state index is 0.300. The number of ether oxygens (including phenoxy) is 1. The average molecular weight is 282 g/mol. The zero-order valence-corrected chi connectivity index (χ0v) is 12.2. The van der Waals surface area contributed by atoms with Gasteiger partial charge in [-0.2, -0.15) is 0 Å². The van der Waals surface area contributed by atoms with Gasteiger partial charge in [-0.3, -0.25) is 4.79 Å². The van der Waals surface area contributed by atoms with Crippen molar-refractivity contribution in [1.82, 2.24) is 0 Å². The smallest absolute Gasteiger partial charge is 0.183 e. The van der Waals surface area contributed by atoms with Crippen LogP contribution in [0.15, 0.2) is 24.3 Å². The molecule has 0 radical (unpaired) electrons. The van der Waals surface area contributed by atoms with Crippen molar-refractivity contribution in [3.8, 4) is 5.75 Å². The van der Waals surface area contributed by atoms with Crippen LogP contribution in [-0.4, -0.2) is 31.3 Å². The number of ketones is 1. The molecule has 0 N–H and O–H groups in total. The zero-order valence-electron chi connectivity index (χ0n) is 11.3. The van der Waals surface area contributed by atoms with Gasteiger partial charge in [-0.1, -0.05) is 0 Å². The molecule has 0 saturated heterocycles. The SMILES string of the molecule is CC(C)(C(=O)c1ccc(OC2CC2)cc1)S(C)(=O)=O. The van der Waals surface area contributed by atoms with E-state index in [1.54, 1.807) is 24.3 Å². The van der Waals surface area contributed by atoms with Gasteiger partial charge in [0.2, 0.25) is 0 Å². The number of hydrogen-bond donors (Lipinski definition) is 0. The molecule has 0 unspecified atom stereocenters. The highest BCUT2D eigenvalue weighted by molar-refractivity contribution is 7.92. The fourth-order valence-corrected chi connectivity index (χ4v) is 2.03. The highest BCUT2D eigenvalue weighted by Crippen LogP contribution is 2.28. The Morgan fingerprint density at radius 1 is 1.21 bits per heavy atom. The van der Waals surface area contributed by atoms with E-state index in [2.05, 4.69) is 0 Å². The Hall–Kier alpha value is -1.36. The van der Waals surface area contributed by atoms with E-state index in [0.717, 1.165) is 24.8 Å². The topological polar surface area (TPSA) is 60.4 Å². The monoisotopic (exact) mass is 282 g/mol. The minimum atomic E-state index is -3.45. The lowest BCUT2D eigenvalue weighted by molar-refractivity contribution is 0.0954. The molecule has 19 heavy (non-hydrogen) atoms. The van der Waals surface area contributed by atoms with Gasteiger partial charge >= 0.3 is 0 Å². The molecule has 4 nitrogen and oxygen atoms in total. The molecule has 0 amide bonds. The normalized spacial score (nSPS) is 16.2. The fourth-order valence-electron chi connectivity index (χ4n) is 1.58. The van der Waals surface area contributed by atoms with E-state index in [9.17, 15) is 13.2 Å². The first-order chi connectivity index (χ1) is 8.72. The predicted molar refractivity (Wildman–Crippen MR) is 73.3 cm³/mol. The van der Waals surface area contributed by atoms with Crippen LogP contribution in [0.2, 0.25) is 0 Å². The molecule has 1 aliphatic carbocycles. The van der Waals surface area contributed by atoms with Gasteiger partial charge in [0.05, 0.1) is 6.10 Å². The Kier molecular flexibility index (Phi) is 3.43. The maximum Gasteiger partial charge on any atom is 0.183 e. The third kappa shape index (κ3) is 2.97. The third-order valence-corrected chi connectivity index (χ3v) is 5.46. The molecule has 5 heteroatoms. The Balaban J connectivity index is 2.19. The van der Waals surface area contributed by atoms with Crippen LogP contribution in [0.25, 0.3) is 0 Å². The lowest BCUT2D eigenvalue weighted by Crippen LogP contribution is -2.39. The van der Waals surface area contributed by atoms with Crippen LogP contribution in [0.4, 0.5) is 0 Å². The number of hydrogen-bond acceptors (Lipinski definition) is 4. The molecule has 1 aromatic rings. The van der Waals surface area contributed by atoms with Gasteiger partial charge in [0.1, 0.15) is 10.5 Å². The van der Waals surface area contributed by atoms with Crippen LogP contribution in [0.5, 0.6) is 5.75 Å².